The van der Waals surface area contributed by atoms with E-state index in [0.717, 1.165) is 5.56 Å². The fraction of sp³-hybridized carbons (Fsp3) is 0.125. The van der Waals surface area contributed by atoms with E-state index in [4.69, 9.17) is 4.74 Å². The van der Waals surface area contributed by atoms with Crippen LogP contribution in [0.5, 0.6) is 5.75 Å². The number of rotatable bonds is 4. The topological polar surface area (TPSA) is 50.1 Å². The maximum atomic E-state index is 11.4. The van der Waals surface area contributed by atoms with E-state index < -0.39 is 0 Å². The summed E-state index contributed by atoms with van der Waals surface area (Å²) in [6.07, 6.45) is 0. The van der Waals surface area contributed by atoms with Crippen molar-refractivity contribution >= 4 is 21.7 Å². The summed E-state index contributed by atoms with van der Waals surface area (Å²) in [6.45, 7) is 1.84. The van der Waals surface area contributed by atoms with E-state index >= 15 is 0 Å². The highest BCUT2D eigenvalue weighted by atomic mass is 79.9. The Morgan fingerprint density at radius 1 is 1.25 bits per heavy atom. The normalized spacial score (nSPS) is 9.85. The molecule has 0 aliphatic rings. The number of carbonyl (C=O) groups excluding carboxylic acids is 1. The minimum Gasteiger partial charge on any atom is -0.487 e. The molecule has 3 nitrogen and oxygen atoms in total. The molecule has 2 rings (SSSR count). The molecule has 0 aliphatic heterocycles. The van der Waals surface area contributed by atoms with Crippen LogP contribution in [0.4, 0.5) is 0 Å². The Morgan fingerprint density at radius 3 is 2.55 bits per heavy atom. The highest BCUT2D eigenvalue weighted by Crippen LogP contribution is 2.30. The van der Waals surface area contributed by atoms with E-state index in [-0.39, 0.29) is 5.78 Å². The van der Waals surface area contributed by atoms with Crippen molar-refractivity contribution in [2.24, 2.45) is 0 Å². The van der Waals surface area contributed by atoms with Crippen LogP contribution in [0.2, 0.25) is 0 Å². The molecule has 0 fully saturated rings. The number of halogens is 1. The Labute approximate surface area is 125 Å². The fourth-order valence-electron chi connectivity index (χ4n) is 1.79. The predicted molar refractivity (Wildman–Crippen MR) is 79.6 cm³/mol. The van der Waals surface area contributed by atoms with Gasteiger partial charge in [0, 0.05) is 10.0 Å². The first-order valence-electron chi connectivity index (χ1n) is 6.03. The summed E-state index contributed by atoms with van der Waals surface area (Å²) in [4.78, 5) is 11.4. The molecule has 0 saturated heterocycles. The monoisotopic (exact) mass is 329 g/mol. The van der Waals surface area contributed by atoms with Crippen LogP contribution >= 0.6 is 15.9 Å². The fourth-order valence-corrected chi connectivity index (χ4v) is 2.49. The summed E-state index contributed by atoms with van der Waals surface area (Å²) in [5, 5.41) is 9.23. The quantitative estimate of drug-likeness (QED) is 0.793. The van der Waals surface area contributed by atoms with Gasteiger partial charge >= 0.3 is 0 Å². The van der Waals surface area contributed by atoms with Crippen LogP contribution in [-0.4, -0.2) is 5.78 Å². The highest BCUT2D eigenvalue weighted by Gasteiger charge is 2.14. The molecule has 0 unspecified atom stereocenters. The van der Waals surface area contributed by atoms with E-state index in [2.05, 4.69) is 22.0 Å². The van der Waals surface area contributed by atoms with Crippen molar-refractivity contribution in [2.45, 2.75) is 13.5 Å². The lowest BCUT2D eigenvalue weighted by Gasteiger charge is -2.11. The number of hydrogen-bond acceptors (Lipinski definition) is 3. The molecule has 100 valence electrons. The van der Waals surface area contributed by atoms with Crippen molar-refractivity contribution in [2.75, 3.05) is 0 Å². The zero-order valence-corrected chi connectivity index (χ0v) is 12.5. The second kappa shape index (κ2) is 6.36. The Kier molecular flexibility index (Phi) is 4.54. The minimum absolute atomic E-state index is 0.0945. The van der Waals surface area contributed by atoms with Crippen molar-refractivity contribution in [1.82, 2.24) is 0 Å². The van der Waals surface area contributed by atoms with Crippen LogP contribution in [0.1, 0.15) is 28.4 Å². The summed E-state index contributed by atoms with van der Waals surface area (Å²) >= 11 is 3.30. The number of ketones is 1. The highest BCUT2D eigenvalue weighted by molar-refractivity contribution is 9.10. The van der Waals surface area contributed by atoms with Crippen molar-refractivity contribution in [1.29, 1.82) is 5.26 Å². The van der Waals surface area contributed by atoms with Gasteiger partial charge in [0.1, 0.15) is 24.0 Å². The van der Waals surface area contributed by atoms with Crippen molar-refractivity contribution in [3.63, 3.8) is 0 Å². The number of benzene rings is 2. The SMILES string of the molecule is CC(=O)c1ccc(OCc2ccccc2)c(C#N)c1Br. The Hall–Kier alpha value is -2.12. The standard InChI is InChI=1S/C16H12BrNO2/c1-11(19)13-7-8-15(14(9-18)16(13)17)20-10-12-5-3-2-4-6-12/h2-8H,10H2,1H3. The van der Waals surface area contributed by atoms with E-state index in [0.29, 0.717) is 28.0 Å². The van der Waals surface area contributed by atoms with Crippen LogP contribution < -0.4 is 4.74 Å². The number of hydrogen-bond donors (Lipinski definition) is 0. The molecule has 0 saturated carbocycles. The molecule has 2 aromatic rings. The third kappa shape index (κ3) is 3.06. The van der Waals surface area contributed by atoms with E-state index in [9.17, 15) is 10.1 Å². The summed E-state index contributed by atoms with van der Waals surface area (Å²) in [5.74, 6) is 0.371. The van der Waals surface area contributed by atoms with Crippen LogP contribution in [0.25, 0.3) is 0 Å². The molecule has 0 heterocycles. The van der Waals surface area contributed by atoms with Gasteiger partial charge in [0.15, 0.2) is 5.78 Å². The zero-order chi connectivity index (χ0) is 14.5. The molecule has 0 amide bonds. The van der Waals surface area contributed by atoms with Gasteiger partial charge in [-0.1, -0.05) is 30.3 Å². The summed E-state index contributed by atoms with van der Waals surface area (Å²) in [6, 6.07) is 15.1. The molecule has 0 spiro atoms. The molecule has 2 aromatic carbocycles. The lowest BCUT2D eigenvalue weighted by molar-refractivity contribution is 0.101. The van der Waals surface area contributed by atoms with Crippen LogP contribution in [0, 0.1) is 11.3 Å². The van der Waals surface area contributed by atoms with Gasteiger partial charge < -0.3 is 4.74 Å². The Bertz CT molecular complexity index is 675. The maximum Gasteiger partial charge on any atom is 0.160 e. The summed E-state index contributed by atoms with van der Waals surface area (Å²) in [7, 11) is 0. The van der Waals surface area contributed by atoms with Crippen molar-refractivity contribution < 1.29 is 9.53 Å². The third-order valence-electron chi connectivity index (χ3n) is 2.83. The van der Waals surface area contributed by atoms with Crippen LogP contribution in [0.3, 0.4) is 0 Å². The zero-order valence-electron chi connectivity index (χ0n) is 10.9. The molecule has 0 aliphatic carbocycles. The van der Waals surface area contributed by atoms with Gasteiger partial charge in [-0.2, -0.15) is 5.26 Å². The molecule has 0 radical (unpaired) electrons. The molecule has 0 atom stereocenters. The van der Waals surface area contributed by atoms with Gasteiger partial charge in [0.2, 0.25) is 0 Å². The molecule has 20 heavy (non-hydrogen) atoms. The third-order valence-corrected chi connectivity index (χ3v) is 3.66. The van der Waals surface area contributed by atoms with Crippen molar-refractivity contribution in [3.05, 3.63) is 63.6 Å². The predicted octanol–water partition coefficient (Wildman–Crippen LogP) is 4.10. The van der Waals surface area contributed by atoms with E-state index in [1.165, 1.54) is 6.92 Å². The lowest BCUT2D eigenvalue weighted by Crippen LogP contribution is -2.01. The first kappa shape index (κ1) is 14.3. The Morgan fingerprint density at radius 2 is 1.95 bits per heavy atom. The maximum absolute atomic E-state index is 11.4. The second-order valence-electron chi connectivity index (χ2n) is 4.24. The van der Waals surface area contributed by atoms with Gasteiger partial charge in [-0.05, 0) is 40.5 Å². The first-order chi connectivity index (χ1) is 9.63. The average Bonchev–Trinajstić information content (AvgIpc) is 2.45. The lowest BCUT2D eigenvalue weighted by atomic mass is 10.1. The van der Waals surface area contributed by atoms with Crippen LogP contribution in [-0.2, 0) is 6.61 Å². The number of carbonyl (C=O) groups is 1. The molecule has 4 heteroatoms. The number of nitrogens with zero attached hydrogens (tertiary/aromatic N) is 1. The minimum atomic E-state index is -0.0945. The molecular weight excluding hydrogens is 318 g/mol. The molecular formula is C16H12BrNO2. The molecule has 0 aromatic heterocycles. The van der Waals surface area contributed by atoms with Gasteiger partial charge in [-0.3, -0.25) is 4.79 Å². The van der Waals surface area contributed by atoms with Crippen LogP contribution in [0.15, 0.2) is 46.9 Å². The smallest absolute Gasteiger partial charge is 0.160 e. The molecule has 0 N–H and O–H groups in total. The van der Waals surface area contributed by atoms with Gasteiger partial charge in [0.25, 0.3) is 0 Å². The average molecular weight is 330 g/mol. The van der Waals surface area contributed by atoms with Gasteiger partial charge in [-0.15, -0.1) is 0 Å². The number of Topliss-reactive ketones (excluding diaryl/α,β-unsaturated/α-hetero) is 1. The summed E-state index contributed by atoms with van der Waals surface area (Å²) in [5.41, 5.74) is 1.84. The number of ether oxygens (including phenoxy) is 1. The van der Waals surface area contributed by atoms with E-state index in [1.807, 2.05) is 30.3 Å². The largest absolute Gasteiger partial charge is 0.487 e. The Balaban J connectivity index is 2.27. The number of nitriles is 1. The van der Waals surface area contributed by atoms with Gasteiger partial charge in [-0.25, -0.2) is 0 Å². The first-order valence-corrected chi connectivity index (χ1v) is 6.83. The second-order valence-corrected chi connectivity index (χ2v) is 5.04. The molecule has 0 bridgehead atoms. The van der Waals surface area contributed by atoms with E-state index in [1.54, 1.807) is 12.1 Å². The summed E-state index contributed by atoms with van der Waals surface area (Å²) < 4.78 is 6.15. The van der Waals surface area contributed by atoms with Crippen molar-refractivity contribution in [3.8, 4) is 11.8 Å². The van der Waals surface area contributed by atoms with Gasteiger partial charge in [0.05, 0.1) is 0 Å².